The lowest BCUT2D eigenvalue weighted by Gasteiger charge is -2.40. The van der Waals surface area contributed by atoms with Gasteiger partial charge in [0, 0.05) is 30.9 Å². The maximum Gasteiger partial charge on any atom is 0.263 e. The number of carbonyl (C=O) groups is 1. The van der Waals surface area contributed by atoms with E-state index in [1.807, 2.05) is 24.3 Å². The highest BCUT2D eigenvalue weighted by molar-refractivity contribution is 8.05. The van der Waals surface area contributed by atoms with Gasteiger partial charge < -0.3 is 14.5 Å². The monoisotopic (exact) mass is 392 g/mol. The number of benzene rings is 1. The normalized spacial score (nSPS) is 24.7. The van der Waals surface area contributed by atoms with Gasteiger partial charge in [0.2, 0.25) is 0 Å². The Labute approximate surface area is 164 Å². The van der Waals surface area contributed by atoms with Crippen LogP contribution in [0.3, 0.4) is 0 Å². The first kappa shape index (κ1) is 18.2. The lowest BCUT2D eigenvalue weighted by Crippen LogP contribution is -2.45. The lowest BCUT2D eigenvalue weighted by molar-refractivity contribution is -0.130. The van der Waals surface area contributed by atoms with Crippen molar-refractivity contribution >= 4 is 29.3 Å². The molecule has 3 fully saturated rings. The Kier molecular flexibility index (Phi) is 5.48. The third-order valence-corrected chi connectivity index (χ3v) is 7.24. The average Bonchev–Trinajstić information content (AvgIpc) is 2.90. The van der Waals surface area contributed by atoms with Crippen molar-refractivity contribution in [2.45, 2.75) is 43.5 Å². The molecule has 0 aromatic heterocycles. The lowest BCUT2D eigenvalue weighted by atomic mass is 9.93. The molecule has 0 atom stereocenters. The number of hydrogen-bond donors (Lipinski definition) is 0. The van der Waals surface area contributed by atoms with E-state index in [4.69, 9.17) is 16.3 Å². The molecule has 3 aliphatic rings. The van der Waals surface area contributed by atoms with Gasteiger partial charge in [0.1, 0.15) is 0 Å². The zero-order valence-electron chi connectivity index (χ0n) is 15.0. The molecule has 1 amide bonds. The molecular formula is C20H25ClN2O2S. The van der Waals surface area contributed by atoms with Crippen molar-refractivity contribution < 1.29 is 9.53 Å². The predicted octanol–water partition coefficient (Wildman–Crippen LogP) is 4.25. The predicted molar refractivity (Wildman–Crippen MR) is 106 cm³/mol. The van der Waals surface area contributed by atoms with Crippen LogP contribution >= 0.6 is 23.4 Å². The van der Waals surface area contributed by atoms with E-state index in [1.165, 1.54) is 19.3 Å². The third-order valence-electron chi connectivity index (χ3n) is 5.48. The molecule has 4 rings (SSSR count). The molecule has 1 aliphatic carbocycles. The second-order valence-electron chi connectivity index (χ2n) is 7.27. The van der Waals surface area contributed by atoms with Crippen LogP contribution in [0, 0.1) is 0 Å². The minimum atomic E-state index is -0.0763. The molecule has 2 heterocycles. The van der Waals surface area contributed by atoms with Crippen LogP contribution in [0.4, 0.5) is 0 Å². The van der Waals surface area contributed by atoms with Crippen molar-refractivity contribution in [2.24, 2.45) is 0 Å². The Hall–Kier alpha value is -1.17. The summed E-state index contributed by atoms with van der Waals surface area (Å²) >= 11 is 7.82. The van der Waals surface area contributed by atoms with Crippen molar-refractivity contribution in [3.05, 3.63) is 46.0 Å². The Balaban J connectivity index is 1.59. The fourth-order valence-corrected chi connectivity index (χ4v) is 5.73. The minimum Gasteiger partial charge on any atom is -0.378 e. The summed E-state index contributed by atoms with van der Waals surface area (Å²) in [5, 5.41) is 0.733. The fourth-order valence-electron chi connectivity index (χ4n) is 4.04. The first-order valence-corrected chi connectivity index (χ1v) is 10.6. The summed E-state index contributed by atoms with van der Waals surface area (Å²) in [5.74, 6) is 0.179. The Morgan fingerprint density at radius 3 is 2.50 bits per heavy atom. The summed E-state index contributed by atoms with van der Waals surface area (Å²) in [6.45, 7) is 3.86. The molecule has 2 saturated heterocycles. The van der Waals surface area contributed by atoms with Crippen LogP contribution in [0.25, 0.3) is 0 Å². The van der Waals surface area contributed by atoms with Crippen molar-refractivity contribution in [3.63, 3.8) is 0 Å². The van der Waals surface area contributed by atoms with E-state index in [2.05, 4.69) is 16.0 Å². The number of halogens is 1. The quantitative estimate of drug-likeness (QED) is 0.720. The van der Waals surface area contributed by atoms with Gasteiger partial charge in [0.25, 0.3) is 5.91 Å². The van der Waals surface area contributed by atoms with E-state index in [9.17, 15) is 4.79 Å². The van der Waals surface area contributed by atoms with Gasteiger partial charge in [-0.25, -0.2) is 0 Å². The van der Waals surface area contributed by atoms with Gasteiger partial charge in [0.05, 0.1) is 23.0 Å². The van der Waals surface area contributed by atoms with Crippen molar-refractivity contribution in [3.8, 4) is 0 Å². The molecule has 26 heavy (non-hydrogen) atoms. The number of ether oxygens (including phenoxy) is 1. The zero-order chi connectivity index (χ0) is 18.0. The van der Waals surface area contributed by atoms with Crippen LogP contribution in [0.2, 0.25) is 5.02 Å². The van der Waals surface area contributed by atoms with E-state index in [0.29, 0.717) is 6.54 Å². The molecule has 2 aliphatic heterocycles. The van der Waals surface area contributed by atoms with Crippen LogP contribution in [0.15, 0.2) is 35.4 Å². The first-order chi connectivity index (χ1) is 12.7. The summed E-state index contributed by atoms with van der Waals surface area (Å²) in [6.07, 6.45) is 7.90. The fraction of sp³-hybridized carbons (Fsp3) is 0.550. The number of rotatable bonds is 3. The van der Waals surface area contributed by atoms with Crippen molar-refractivity contribution in [1.82, 2.24) is 9.80 Å². The van der Waals surface area contributed by atoms with E-state index in [-0.39, 0.29) is 10.8 Å². The van der Waals surface area contributed by atoms with E-state index < -0.39 is 0 Å². The number of nitrogens with zero attached hydrogens (tertiary/aromatic N) is 2. The topological polar surface area (TPSA) is 32.8 Å². The zero-order valence-corrected chi connectivity index (χ0v) is 16.5. The maximum atomic E-state index is 13.3. The van der Waals surface area contributed by atoms with Gasteiger partial charge >= 0.3 is 0 Å². The van der Waals surface area contributed by atoms with Gasteiger partial charge in [-0.05, 0) is 30.5 Å². The van der Waals surface area contributed by atoms with E-state index in [1.54, 1.807) is 11.8 Å². The molecule has 1 aromatic rings. The summed E-state index contributed by atoms with van der Waals surface area (Å²) in [7, 11) is 0. The molecule has 0 unspecified atom stereocenters. The van der Waals surface area contributed by atoms with Gasteiger partial charge in [0.15, 0.2) is 0 Å². The van der Waals surface area contributed by atoms with Crippen molar-refractivity contribution in [2.75, 3.05) is 26.3 Å². The van der Waals surface area contributed by atoms with Crippen LogP contribution in [-0.2, 0) is 16.1 Å². The minimum absolute atomic E-state index is 0.0763. The average molecular weight is 393 g/mol. The Morgan fingerprint density at radius 1 is 1.12 bits per heavy atom. The number of hydrogen-bond acceptors (Lipinski definition) is 4. The highest BCUT2D eigenvalue weighted by Gasteiger charge is 2.49. The largest absolute Gasteiger partial charge is 0.378 e. The number of thioether (sulfide) groups is 1. The third kappa shape index (κ3) is 3.75. The number of morpholine rings is 1. The van der Waals surface area contributed by atoms with Gasteiger partial charge in [-0.1, -0.05) is 54.8 Å². The smallest absolute Gasteiger partial charge is 0.263 e. The molecule has 1 aromatic carbocycles. The molecule has 4 nitrogen and oxygen atoms in total. The first-order valence-electron chi connectivity index (χ1n) is 9.45. The van der Waals surface area contributed by atoms with E-state index in [0.717, 1.165) is 54.6 Å². The number of amides is 1. The van der Waals surface area contributed by atoms with Crippen molar-refractivity contribution in [1.29, 1.82) is 0 Å². The molecule has 0 bridgehead atoms. The Morgan fingerprint density at radius 2 is 1.81 bits per heavy atom. The highest BCUT2D eigenvalue weighted by atomic mass is 35.5. The number of carbonyl (C=O) groups excluding carboxylic acids is 1. The van der Waals surface area contributed by atoms with Crippen LogP contribution in [-0.4, -0.2) is 46.9 Å². The highest BCUT2D eigenvalue weighted by Crippen LogP contribution is 2.52. The van der Waals surface area contributed by atoms with Crippen LogP contribution in [0.1, 0.15) is 37.7 Å². The Bertz CT molecular complexity index is 680. The summed E-state index contributed by atoms with van der Waals surface area (Å²) < 4.78 is 5.43. The molecule has 1 saturated carbocycles. The molecular weight excluding hydrogens is 368 g/mol. The SMILES string of the molecule is O=C1/C(=C/N2CCOCC2)SC2(CCCCC2)N1Cc1ccc(Cl)cc1. The summed E-state index contributed by atoms with van der Waals surface area (Å²) in [6, 6.07) is 7.87. The van der Waals surface area contributed by atoms with E-state index >= 15 is 0 Å². The second-order valence-corrected chi connectivity index (χ2v) is 9.11. The van der Waals surface area contributed by atoms with Gasteiger partial charge in [-0.15, -0.1) is 0 Å². The summed E-state index contributed by atoms with van der Waals surface area (Å²) in [4.78, 5) is 18.4. The van der Waals surface area contributed by atoms with Crippen LogP contribution < -0.4 is 0 Å². The standard InChI is InChI=1S/C20H25ClN2O2S/c21-17-6-4-16(5-7-17)14-23-19(24)18(15-22-10-12-25-13-11-22)26-20(23)8-2-1-3-9-20/h4-7,15H,1-3,8-14H2/b18-15-. The maximum absolute atomic E-state index is 13.3. The molecule has 0 N–H and O–H groups in total. The summed E-state index contributed by atoms with van der Waals surface area (Å²) in [5.41, 5.74) is 1.14. The molecule has 140 valence electrons. The van der Waals surface area contributed by atoms with Crippen LogP contribution in [0.5, 0.6) is 0 Å². The molecule has 1 spiro atoms. The van der Waals surface area contributed by atoms with Gasteiger partial charge in [-0.3, -0.25) is 4.79 Å². The second kappa shape index (κ2) is 7.83. The molecule has 6 heteroatoms. The van der Waals surface area contributed by atoms with Gasteiger partial charge in [-0.2, -0.15) is 0 Å². The molecule has 0 radical (unpaired) electrons.